The minimum absolute atomic E-state index is 0.638. The minimum Gasteiger partial charge on any atom is -0.381 e. The summed E-state index contributed by atoms with van der Waals surface area (Å²) in [5, 5.41) is 4.50. The summed E-state index contributed by atoms with van der Waals surface area (Å²) in [4.78, 5) is 13.4. The third kappa shape index (κ3) is 3.69. The monoisotopic (exact) mass is 517 g/mol. The molecule has 0 saturated carbocycles. The molecule has 193 valence electrons. The lowest BCUT2D eigenvalue weighted by Crippen LogP contribution is -2.28. The maximum absolute atomic E-state index is 5.12. The van der Waals surface area contributed by atoms with Crippen LogP contribution in [-0.2, 0) is 0 Å². The van der Waals surface area contributed by atoms with Gasteiger partial charge in [-0.05, 0) is 61.7 Å². The number of rotatable bonds is 7. The van der Waals surface area contributed by atoms with Crippen molar-refractivity contribution < 1.29 is 0 Å². The zero-order valence-electron chi connectivity index (χ0n) is 23.1. The molecule has 4 nitrogen and oxygen atoms in total. The van der Waals surface area contributed by atoms with E-state index in [1.54, 1.807) is 0 Å². The van der Waals surface area contributed by atoms with Gasteiger partial charge in [0.05, 0.1) is 5.52 Å². The molecule has 6 aromatic rings. The van der Waals surface area contributed by atoms with Gasteiger partial charge >= 0.3 is 7.41 Å². The van der Waals surface area contributed by atoms with E-state index in [4.69, 9.17) is 9.97 Å². The molecule has 0 bridgehead atoms. The fourth-order valence-electron chi connectivity index (χ4n) is 5.94. The SMILES string of the molecule is C=Cc1[nH]c2ccc3c(c4ccccc4n3[B]c3ncc4c(C)c(/C=C\C)c(C=C)c(/C=C\C)c4n3)c2c1C=C. The quantitative estimate of drug-likeness (QED) is 0.217. The van der Waals surface area contributed by atoms with Gasteiger partial charge < -0.3 is 9.46 Å². The Morgan fingerprint density at radius 2 is 1.55 bits per heavy atom. The molecule has 0 aliphatic carbocycles. The largest absolute Gasteiger partial charge is 0.381 e. The Labute approximate surface area is 235 Å². The molecular formula is C35H30BN4. The van der Waals surface area contributed by atoms with E-state index in [0.717, 1.165) is 71.7 Å². The van der Waals surface area contributed by atoms with Crippen LogP contribution in [-0.4, -0.2) is 26.8 Å². The highest BCUT2D eigenvalue weighted by molar-refractivity contribution is 6.53. The van der Waals surface area contributed by atoms with Crippen LogP contribution in [0.1, 0.15) is 47.4 Å². The minimum atomic E-state index is 0.638. The summed E-state index contributed by atoms with van der Waals surface area (Å²) in [5.41, 5.74) is 11.2. The Morgan fingerprint density at radius 3 is 2.27 bits per heavy atom. The molecule has 3 heterocycles. The summed E-state index contributed by atoms with van der Waals surface area (Å²) < 4.78 is 2.20. The molecule has 5 heteroatoms. The fraction of sp³-hybridized carbons (Fsp3) is 0.0857. The van der Waals surface area contributed by atoms with Crippen LogP contribution in [0.15, 0.2) is 74.5 Å². The van der Waals surface area contributed by atoms with E-state index in [9.17, 15) is 0 Å². The van der Waals surface area contributed by atoms with Gasteiger partial charge in [0.2, 0.25) is 0 Å². The molecule has 0 fully saturated rings. The molecule has 0 atom stereocenters. The molecule has 0 spiro atoms. The number of allylic oxidation sites excluding steroid dienone is 2. The molecule has 1 radical (unpaired) electrons. The lowest BCUT2D eigenvalue weighted by Gasteiger charge is -2.15. The topological polar surface area (TPSA) is 46.5 Å². The number of H-pyrrole nitrogens is 1. The van der Waals surface area contributed by atoms with E-state index < -0.39 is 0 Å². The van der Waals surface area contributed by atoms with Gasteiger partial charge in [0.25, 0.3) is 0 Å². The normalized spacial score (nSPS) is 12.0. The summed E-state index contributed by atoms with van der Waals surface area (Å²) in [7, 11) is 2.03. The maximum Gasteiger partial charge on any atom is 0.340 e. The zero-order valence-corrected chi connectivity index (χ0v) is 23.1. The molecule has 3 aromatic carbocycles. The summed E-state index contributed by atoms with van der Waals surface area (Å²) >= 11 is 0. The van der Waals surface area contributed by atoms with Crippen LogP contribution in [0.4, 0.5) is 0 Å². The zero-order chi connectivity index (χ0) is 28.0. The average molecular weight is 517 g/mol. The Balaban J connectivity index is 1.63. The molecule has 40 heavy (non-hydrogen) atoms. The molecule has 0 aliphatic rings. The number of aromatic amines is 1. The van der Waals surface area contributed by atoms with Gasteiger partial charge in [0.15, 0.2) is 0 Å². The highest BCUT2D eigenvalue weighted by Gasteiger charge is 2.20. The van der Waals surface area contributed by atoms with Gasteiger partial charge in [-0.25, -0.2) is 9.97 Å². The first-order valence-electron chi connectivity index (χ1n) is 13.4. The molecular weight excluding hydrogens is 487 g/mol. The van der Waals surface area contributed by atoms with Crippen molar-refractivity contribution in [2.24, 2.45) is 0 Å². The van der Waals surface area contributed by atoms with Crippen LogP contribution < -0.4 is 5.72 Å². The van der Waals surface area contributed by atoms with Crippen molar-refractivity contribution in [1.29, 1.82) is 0 Å². The van der Waals surface area contributed by atoms with E-state index in [0.29, 0.717) is 5.72 Å². The highest BCUT2D eigenvalue weighted by Crippen LogP contribution is 2.38. The average Bonchev–Trinajstić information content (AvgIpc) is 3.50. The third-order valence-corrected chi connectivity index (χ3v) is 7.68. The Hall–Kier alpha value is -4.90. The Morgan fingerprint density at radius 1 is 0.800 bits per heavy atom. The molecule has 0 amide bonds. The van der Waals surface area contributed by atoms with Crippen molar-refractivity contribution >= 4 is 87.1 Å². The first kappa shape index (κ1) is 25.4. The third-order valence-electron chi connectivity index (χ3n) is 7.68. The number of nitrogens with one attached hydrogen (secondary N) is 1. The van der Waals surface area contributed by atoms with Crippen LogP contribution in [0, 0.1) is 6.92 Å². The summed E-state index contributed by atoms with van der Waals surface area (Å²) in [6.45, 7) is 18.4. The van der Waals surface area contributed by atoms with Gasteiger partial charge in [-0.1, -0.05) is 74.4 Å². The van der Waals surface area contributed by atoms with Gasteiger partial charge in [-0.15, -0.1) is 0 Å². The van der Waals surface area contributed by atoms with Crippen LogP contribution in [0.5, 0.6) is 0 Å². The summed E-state index contributed by atoms with van der Waals surface area (Å²) in [5.74, 6) is 0. The standard InChI is InChI=1S/C35H30BN4/c1-7-14-24-21(6)27-20-37-35(39-34(27)25(15-8-2)22(24)9-3)36-40-30-17-13-12-16-26(30)33-31(40)19-18-29-32(33)23(10-4)28(11-5)38-29/h7-20,38H,3-5H2,1-2,6H3/b14-7-,15-8-. The number of fused-ring (bicyclic) bond motifs is 6. The van der Waals surface area contributed by atoms with Gasteiger partial charge in [0.1, 0.15) is 5.72 Å². The predicted molar refractivity (Wildman–Crippen MR) is 176 cm³/mol. The second-order valence-corrected chi connectivity index (χ2v) is 9.82. The number of benzene rings is 3. The molecule has 0 saturated heterocycles. The molecule has 0 unspecified atom stereocenters. The van der Waals surface area contributed by atoms with Crippen molar-refractivity contribution in [3.63, 3.8) is 0 Å². The van der Waals surface area contributed by atoms with Crippen LogP contribution in [0.2, 0.25) is 0 Å². The van der Waals surface area contributed by atoms with Crippen LogP contribution >= 0.6 is 0 Å². The van der Waals surface area contributed by atoms with Gasteiger partial charge in [0, 0.05) is 61.1 Å². The van der Waals surface area contributed by atoms with E-state index in [2.05, 4.69) is 90.7 Å². The van der Waals surface area contributed by atoms with Crippen molar-refractivity contribution in [3.05, 3.63) is 108 Å². The first-order chi connectivity index (χ1) is 19.6. The van der Waals surface area contributed by atoms with Gasteiger partial charge in [-0.3, -0.25) is 0 Å². The van der Waals surface area contributed by atoms with Crippen LogP contribution in [0.25, 0.3) is 74.0 Å². The maximum atomic E-state index is 5.12. The second-order valence-electron chi connectivity index (χ2n) is 9.82. The number of hydrogen-bond donors (Lipinski definition) is 1. The van der Waals surface area contributed by atoms with Crippen LogP contribution in [0.3, 0.4) is 0 Å². The number of aryl methyl sites for hydroxylation is 1. The lowest BCUT2D eigenvalue weighted by molar-refractivity contribution is 1.25. The van der Waals surface area contributed by atoms with Gasteiger partial charge in [-0.2, -0.15) is 0 Å². The van der Waals surface area contributed by atoms with Crippen molar-refractivity contribution in [2.45, 2.75) is 20.8 Å². The lowest BCUT2D eigenvalue weighted by atomic mass is 9.89. The number of hydrogen-bond acceptors (Lipinski definition) is 2. The number of para-hydroxylation sites is 1. The molecule has 6 rings (SSSR count). The van der Waals surface area contributed by atoms with Crippen molar-refractivity contribution in [3.8, 4) is 0 Å². The van der Waals surface area contributed by atoms with E-state index in [1.165, 1.54) is 5.39 Å². The van der Waals surface area contributed by atoms with E-state index >= 15 is 0 Å². The molecule has 3 aromatic heterocycles. The van der Waals surface area contributed by atoms with E-state index in [1.807, 2.05) is 51.8 Å². The number of aromatic nitrogens is 4. The van der Waals surface area contributed by atoms with E-state index in [-0.39, 0.29) is 0 Å². The Kier molecular flexibility index (Phi) is 6.35. The highest BCUT2D eigenvalue weighted by atomic mass is 14.9. The van der Waals surface area contributed by atoms with Crippen molar-refractivity contribution in [1.82, 2.24) is 19.4 Å². The summed E-state index contributed by atoms with van der Waals surface area (Å²) in [6, 6.07) is 12.7. The fourth-order valence-corrected chi connectivity index (χ4v) is 5.94. The first-order valence-corrected chi connectivity index (χ1v) is 13.4. The summed E-state index contributed by atoms with van der Waals surface area (Å²) in [6.07, 6.45) is 16.0. The smallest absolute Gasteiger partial charge is 0.340 e. The predicted octanol–water partition coefficient (Wildman–Crippen LogP) is 8.32. The molecule has 1 N–H and O–H groups in total. The Bertz CT molecular complexity index is 2070. The number of nitrogens with zero attached hydrogens (tertiary/aromatic N) is 3. The second kappa shape index (κ2) is 10.0. The van der Waals surface area contributed by atoms with Crippen molar-refractivity contribution in [2.75, 3.05) is 0 Å². The molecule has 0 aliphatic heterocycles.